The molecule has 3 heterocycles. The molecular weight excluding hydrogens is 652 g/mol. The first-order chi connectivity index (χ1) is 23.5. The van der Waals surface area contributed by atoms with E-state index in [-0.39, 0.29) is 33.4 Å². The standard InChI is InChI=1S/C35H37F2N7O4S/c1-4-14-43-15-11-22(12-16-43)23-7-10-28(30(18-23)48-3)40-35-41-33(39-29-20-24(36)19-27(37)31(29)32(38)45)26-13-17-44(34(26)42-35)49(46,47)25-8-5-21(2)6-9-25/h5-10,13,17-20,22H,4,11-12,14-16H2,1-3H3,(H2,38,45)(H2,39,40,41,42). The molecule has 3 aromatic carbocycles. The maximum atomic E-state index is 14.7. The summed E-state index contributed by atoms with van der Waals surface area (Å²) in [6.07, 6.45) is 4.50. The molecule has 0 radical (unpaired) electrons. The van der Waals surface area contributed by atoms with Crippen molar-refractivity contribution in [1.29, 1.82) is 0 Å². The van der Waals surface area contributed by atoms with Crippen LogP contribution in [0.5, 0.6) is 5.75 Å². The van der Waals surface area contributed by atoms with E-state index >= 15 is 0 Å². The lowest BCUT2D eigenvalue weighted by molar-refractivity contribution is 0.0997. The van der Waals surface area contributed by atoms with Gasteiger partial charge in [-0.05, 0) is 93.7 Å². The van der Waals surface area contributed by atoms with E-state index in [1.54, 1.807) is 19.2 Å². The van der Waals surface area contributed by atoms with Crippen LogP contribution in [0.15, 0.2) is 71.8 Å². The molecule has 5 aromatic rings. The van der Waals surface area contributed by atoms with Crippen molar-refractivity contribution in [3.8, 4) is 5.75 Å². The van der Waals surface area contributed by atoms with Crippen LogP contribution in [0.3, 0.4) is 0 Å². The molecule has 11 nitrogen and oxygen atoms in total. The molecule has 0 aliphatic carbocycles. The van der Waals surface area contributed by atoms with Crippen LogP contribution in [0.4, 0.5) is 31.9 Å². The molecule has 49 heavy (non-hydrogen) atoms. The molecule has 0 saturated carbocycles. The van der Waals surface area contributed by atoms with Crippen LogP contribution < -0.4 is 21.1 Å². The van der Waals surface area contributed by atoms with Crippen LogP contribution in [0.2, 0.25) is 0 Å². The molecule has 256 valence electrons. The summed E-state index contributed by atoms with van der Waals surface area (Å²) in [7, 11) is -2.59. The van der Waals surface area contributed by atoms with Crippen LogP contribution in [0, 0.1) is 18.6 Å². The Labute approximate surface area is 283 Å². The summed E-state index contributed by atoms with van der Waals surface area (Å²) in [5.41, 5.74) is 7.04. The van der Waals surface area contributed by atoms with Crippen molar-refractivity contribution < 1.29 is 26.7 Å². The highest BCUT2D eigenvalue weighted by Gasteiger charge is 2.25. The van der Waals surface area contributed by atoms with E-state index in [0.717, 1.165) is 60.1 Å². The van der Waals surface area contributed by atoms with Gasteiger partial charge in [-0.1, -0.05) is 30.7 Å². The molecule has 1 aliphatic rings. The number of carbonyl (C=O) groups is 1. The van der Waals surface area contributed by atoms with E-state index in [1.807, 2.05) is 25.1 Å². The normalized spacial score (nSPS) is 14.2. The molecule has 1 aliphatic heterocycles. The molecule has 0 atom stereocenters. The molecule has 1 amide bonds. The molecule has 1 saturated heterocycles. The number of aromatic nitrogens is 3. The second-order valence-corrected chi connectivity index (χ2v) is 13.9. The zero-order valence-corrected chi connectivity index (χ0v) is 28.2. The van der Waals surface area contributed by atoms with E-state index in [4.69, 9.17) is 10.5 Å². The Bertz CT molecular complexity index is 2130. The van der Waals surface area contributed by atoms with Gasteiger partial charge in [-0.3, -0.25) is 4.79 Å². The number of piperidine rings is 1. The molecular formula is C35H37F2N7O4S. The van der Waals surface area contributed by atoms with E-state index in [1.165, 1.54) is 24.4 Å². The Balaban J connectivity index is 1.43. The summed E-state index contributed by atoms with van der Waals surface area (Å²) >= 11 is 0. The van der Waals surface area contributed by atoms with Crippen molar-refractivity contribution >= 4 is 50.1 Å². The van der Waals surface area contributed by atoms with Gasteiger partial charge in [0, 0.05) is 12.3 Å². The van der Waals surface area contributed by atoms with Gasteiger partial charge in [-0.2, -0.15) is 9.97 Å². The number of hydrogen-bond acceptors (Lipinski definition) is 9. The predicted molar refractivity (Wildman–Crippen MR) is 184 cm³/mol. The smallest absolute Gasteiger partial charge is 0.269 e. The Morgan fingerprint density at radius 1 is 1.00 bits per heavy atom. The number of carbonyl (C=O) groups excluding carboxylic acids is 1. The van der Waals surface area contributed by atoms with E-state index < -0.39 is 33.1 Å². The predicted octanol–water partition coefficient (Wildman–Crippen LogP) is 6.44. The third-order valence-electron chi connectivity index (χ3n) is 8.71. The van der Waals surface area contributed by atoms with Gasteiger partial charge in [0.1, 0.15) is 23.2 Å². The number of primary amides is 1. The number of nitrogens with two attached hydrogens (primary N) is 1. The summed E-state index contributed by atoms with van der Waals surface area (Å²) in [5.74, 6) is -2.45. The monoisotopic (exact) mass is 689 g/mol. The maximum Gasteiger partial charge on any atom is 0.269 e. The average Bonchev–Trinajstić information content (AvgIpc) is 3.50. The Morgan fingerprint density at radius 2 is 1.73 bits per heavy atom. The fourth-order valence-corrected chi connectivity index (χ4v) is 7.50. The van der Waals surface area contributed by atoms with Crippen molar-refractivity contribution in [2.24, 2.45) is 5.73 Å². The number of likely N-dealkylation sites (tertiary alicyclic amines) is 1. The summed E-state index contributed by atoms with van der Waals surface area (Å²) in [4.78, 5) is 23.8. The number of fused-ring (bicyclic) bond motifs is 1. The summed E-state index contributed by atoms with van der Waals surface area (Å²) < 4.78 is 63.4. The van der Waals surface area contributed by atoms with Crippen molar-refractivity contribution in [3.63, 3.8) is 0 Å². The number of nitrogens with one attached hydrogen (secondary N) is 2. The zero-order chi connectivity index (χ0) is 34.9. The van der Waals surface area contributed by atoms with Gasteiger partial charge in [0.15, 0.2) is 5.65 Å². The van der Waals surface area contributed by atoms with Crippen LogP contribution in [-0.4, -0.2) is 59.9 Å². The highest BCUT2D eigenvalue weighted by molar-refractivity contribution is 7.90. The number of rotatable bonds is 11. The molecule has 4 N–H and O–H groups in total. The third kappa shape index (κ3) is 6.92. The van der Waals surface area contributed by atoms with Gasteiger partial charge in [0.05, 0.1) is 34.3 Å². The van der Waals surface area contributed by atoms with Crippen molar-refractivity contribution in [1.82, 2.24) is 18.8 Å². The molecule has 1 fully saturated rings. The molecule has 0 bridgehead atoms. The second-order valence-electron chi connectivity index (χ2n) is 12.1. The number of amides is 1. The number of aryl methyl sites for hydroxylation is 1. The summed E-state index contributed by atoms with van der Waals surface area (Å²) in [6, 6.07) is 15.1. The van der Waals surface area contributed by atoms with E-state index in [0.29, 0.717) is 23.4 Å². The average molecular weight is 690 g/mol. The van der Waals surface area contributed by atoms with Crippen molar-refractivity contribution in [3.05, 3.63) is 95.2 Å². The second kappa shape index (κ2) is 13.8. The number of anilines is 4. The van der Waals surface area contributed by atoms with Crippen molar-refractivity contribution in [2.75, 3.05) is 37.4 Å². The van der Waals surface area contributed by atoms with Crippen molar-refractivity contribution in [2.45, 2.75) is 43.9 Å². The SMILES string of the molecule is CCCN1CCC(c2ccc(Nc3nc(Nc4cc(F)cc(F)c4C(N)=O)c4ccn(S(=O)(=O)c5ccc(C)cc5)c4n3)c(OC)c2)CC1. The highest BCUT2D eigenvalue weighted by Crippen LogP contribution is 2.36. The molecule has 6 rings (SSSR count). The number of halogens is 2. The lowest BCUT2D eigenvalue weighted by atomic mass is 9.89. The lowest BCUT2D eigenvalue weighted by Gasteiger charge is -2.32. The third-order valence-corrected chi connectivity index (χ3v) is 10.4. The summed E-state index contributed by atoms with van der Waals surface area (Å²) in [6.45, 7) is 7.18. The first kappa shape index (κ1) is 33.8. The number of hydrogen-bond donors (Lipinski definition) is 3. The Kier molecular flexibility index (Phi) is 9.52. The van der Waals surface area contributed by atoms with Gasteiger partial charge in [-0.15, -0.1) is 0 Å². The number of nitrogens with zero attached hydrogens (tertiary/aromatic N) is 4. The molecule has 0 spiro atoms. The number of ether oxygens (including phenoxy) is 1. The van der Waals surface area contributed by atoms with E-state index in [2.05, 4.69) is 32.4 Å². The Morgan fingerprint density at radius 3 is 2.41 bits per heavy atom. The van der Waals surface area contributed by atoms with Crippen LogP contribution in [0.1, 0.15) is 53.6 Å². The zero-order valence-electron chi connectivity index (χ0n) is 27.3. The minimum Gasteiger partial charge on any atom is -0.495 e. The largest absolute Gasteiger partial charge is 0.495 e. The number of methoxy groups -OCH3 is 1. The minimum absolute atomic E-state index is 0.0271. The minimum atomic E-state index is -4.14. The van der Waals surface area contributed by atoms with Gasteiger partial charge >= 0.3 is 0 Å². The number of benzene rings is 3. The first-order valence-electron chi connectivity index (χ1n) is 15.9. The van der Waals surface area contributed by atoms with Gasteiger partial charge < -0.3 is 26.0 Å². The van der Waals surface area contributed by atoms with E-state index in [9.17, 15) is 22.0 Å². The van der Waals surface area contributed by atoms with Gasteiger partial charge in [0.25, 0.3) is 15.9 Å². The van der Waals surface area contributed by atoms with Crippen LogP contribution in [0.25, 0.3) is 11.0 Å². The molecule has 2 aromatic heterocycles. The highest BCUT2D eigenvalue weighted by atomic mass is 32.2. The fraction of sp³-hybridized carbons (Fsp3) is 0.286. The lowest BCUT2D eigenvalue weighted by Crippen LogP contribution is -2.33. The Hall–Kier alpha value is -5.08. The molecule has 0 unspecified atom stereocenters. The van der Waals surface area contributed by atoms with Crippen LogP contribution in [-0.2, 0) is 10.0 Å². The summed E-state index contributed by atoms with van der Waals surface area (Å²) in [5, 5.41) is 6.12. The first-order valence-corrected chi connectivity index (χ1v) is 17.4. The fourth-order valence-electron chi connectivity index (χ4n) is 6.20. The van der Waals surface area contributed by atoms with Gasteiger partial charge in [0.2, 0.25) is 5.95 Å². The topological polar surface area (TPSA) is 144 Å². The van der Waals surface area contributed by atoms with Crippen LogP contribution >= 0.6 is 0 Å². The maximum absolute atomic E-state index is 14.7. The van der Waals surface area contributed by atoms with Gasteiger partial charge in [-0.25, -0.2) is 21.2 Å². The molecule has 14 heteroatoms. The quantitative estimate of drug-likeness (QED) is 0.143.